The molecule has 3 rings (SSSR count). The van der Waals surface area contributed by atoms with Gasteiger partial charge < -0.3 is 10.2 Å². The van der Waals surface area contributed by atoms with Crippen LogP contribution in [0.5, 0.6) is 0 Å². The first-order valence-electron chi connectivity index (χ1n) is 10.2. The number of hydrogen-bond donors (Lipinski definition) is 1. The minimum atomic E-state index is -0.172. The molecular weight excluding hydrogens is 362 g/mol. The second-order valence-corrected chi connectivity index (χ2v) is 8.86. The van der Waals surface area contributed by atoms with Crippen LogP contribution in [0.3, 0.4) is 0 Å². The molecule has 0 saturated carbocycles. The molecule has 0 aromatic heterocycles. The highest BCUT2D eigenvalue weighted by Gasteiger charge is 2.18. The third-order valence-electron chi connectivity index (χ3n) is 5.42. The summed E-state index contributed by atoms with van der Waals surface area (Å²) in [4.78, 5) is 29.7. The first-order chi connectivity index (χ1) is 13.7. The molecule has 29 heavy (non-hydrogen) atoms. The van der Waals surface area contributed by atoms with Crippen LogP contribution < -0.4 is 5.32 Å². The monoisotopic (exact) mass is 393 g/mol. The number of hydrogen-bond acceptors (Lipinski definition) is 4. The lowest BCUT2D eigenvalue weighted by atomic mass is 9.87. The molecule has 1 fully saturated rings. The number of carbonyl (C=O) groups excluding carboxylic acids is 2. The fourth-order valence-electron chi connectivity index (χ4n) is 3.40. The maximum atomic E-state index is 12.7. The number of piperazine rings is 1. The molecule has 2 aromatic carbocycles. The van der Waals surface area contributed by atoms with Crippen LogP contribution >= 0.6 is 0 Å². The summed E-state index contributed by atoms with van der Waals surface area (Å²) >= 11 is 0. The Kier molecular flexibility index (Phi) is 6.50. The maximum Gasteiger partial charge on any atom is 0.255 e. The van der Waals surface area contributed by atoms with Crippen molar-refractivity contribution in [2.24, 2.45) is 0 Å². The zero-order valence-corrected chi connectivity index (χ0v) is 17.9. The molecule has 1 N–H and O–H groups in total. The van der Waals surface area contributed by atoms with Crippen LogP contribution in [0.25, 0.3) is 0 Å². The number of nitrogens with zero attached hydrogens (tertiary/aromatic N) is 2. The Labute approximate surface area is 173 Å². The summed E-state index contributed by atoms with van der Waals surface area (Å²) in [6.07, 6.45) is 0. The number of rotatable bonds is 5. The molecule has 0 bridgehead atoms. The Balaban J connectivity index is 1.63. The topological polar surface area (TPSA) is 52.6 Å². The van der Waals surface area contributed by atoms with E-state index in [-0.39, 0.29) is 17.1 Å². The predicted molar refractivity (Wildman–Crippen MR) is 118 cm³/mol. The number of nitrogens with one attached hydrogen (secondary N) is 1. The summed E-state index contributed by atoms with van der Waals surface area (Å²) in [5.41, 5.74) is 3.11. The molecule has 0 spiro atoms. The van der Waals surface area contributed by atoms with Gasteiger partial charge in [-0.05, 0) is 42.3 Å². The van der Waals surface area contributed by atoms with Gasteiger partial charge in [-0.25, -0.2) is 0 Å². The molecule has 2 aromatic rings. The Morgan fingerprint density at radius 1 is 0.931 bits per heavy atom. The van der Waals surface area contributed by atoms with Crippen molar-refractivity contribution in [1.82, 2.24) is 9.80 Å². The largest absolute Gasteiger partial charge is 0.322 e. The van der Waals surface area contributed by atoms with Crippen molar-refractivity contribution in [2.45, 2.75) is 26.2 Å². The Hall–Kier alpha value is -2.50. The third-order valence-corrected chi connectivity index (χ3v) is 5.42. The van der Waals surface area contributed by atoms with E-state index in [0.717, 1.165) is 26.2 Å². The highest BCUT2D eigenvalue weighted by Crippen LogP contribution is 2.22. The predicted octanol–water partition coefficient (Wildman–Crippen LogP) is 3.67. The van der Waals surface area contributed by atoms with Gasteiger partial charge in [0.15, 0.2) is 5.78 Å². The zero-order valence-electron chi connectivity index (χ0n) is 17.9. The van der Waals surface area contributed by atoms with Gasteiger partial charge in [-0.3, -0.25) is 14.5 Å². The van der Waals surface area contributed by atoms with Crippen molar-refractivity contribution in [2.75, 3.05) is 45.1 Å². The van der Waals surface area contributed by atoms with Crippen molar-refractivity contribution in [3.05, 3.63) is 65.2 Å². The molecule has 1 amide bonds. The van der Waals surface area contributed by atoms with Gasteiger partial charge in [-0.15, -0.1) is 0 Å². The molecule has 0 atom stereocenters. The summed E-state index contributed by atoms with van der Waals surface area (Å²) in [5, 5.41) is 2.91. The average Bonchev–Trinajstić information content (AvgIpc) is 2.69. The van der Waals surface area contributed by atoms with Crippen molar-refractivity contribution < 1.29 is 9.59 Å². The Morgan fingerprint density at radius 2 is 1.59 bits per heavy atom. The van der Waals surface area contributed by atoms with E-state index in [1.54, 1.807) is 6.07 Å². The van der Waals surface area contributed by atoms with E-state index >= 15 is 0 Å². The lowest BCUT2D eigenvalue weighted by molar-refractivity contribution is 0.0876. The van der Waals surface area contributed by atoms with Gasteiger partial charge in [0.25, 0.3) is 5.91 Å². The van der Waals surface area contributed by atoms with E-state index in [0.29, 0.717) is 23.4 Å². The van der Waals surface area contributed by atoms with Crippen molar-refractivity contribution in [3.63, 3.8) is 0 Å². The van der Waals surface area contributed by atoms with E-state index in [1.807, 2.05) is 42.5 Å². The van der Waals surface area contributed by atoms with E-state index in [9.17, 15) is 9.59 Å². The number of likely N-dealkylation sites (N-methyl/N-ethyl adjacent to an activating group) is 1. The maximum absolute atomic E-state index is 12.7. The lowest BCUT2D eigenvalue weighted by Crippen LogP contribution is -2.46. The first kappa shape index (κ1) is 21.2. The molecule has 1 aliphatic rings. The van der Waals surface area contributed by atoms with Gasteiger partial charge in [0.05, 0.1) is 6.54 Å². The molecule has 1 aliphatic heterocycles. The van der Waals surface area contributed by atoms with Gasteiger partial charge >= 0.3 is 0 Å². The Bertz CT molecular complexity index is 860. The number of carbonyl (C=O) groups is 2. The van der Waals surface area contributed by atoms with Crippen LogP contribution in [-0.2, 0) is 5.41 Å². The van der Waals surface area contributed by atoms with Crippen molar-refractivity contribution >= 4 is 17.4 Å². The smallest absolute Gasteiger partial charge is 0.255 e. The second kappa shape index (κ2) is 8.89. The summed E-state index contributed by atoms with van der Waals surface area (Å²) in [7, 11) is 2.10. The fourth-order valence-corrected chi connectivity index (χ4v) is 3.40. The normalized spacial score (nSPS) is 15.9. The van der Waals surface area contributed by atoms with Gasteiger partial charge in [0.2, 0.25) is 0 Å². The molecule has 1 saturated heterocycles. The summed E-state index contributed by atoms with van der Waals surface area (Å²) in [5.74, 6) is -0.0886. The molecular formula is C24H31N3O2. The standard InChI is InChI=1S/C24H31N3O2/c1-24(2,3)20-10-8-18(9-11-20)23(29)25-21-7-5-6-19(16-21)22(28)17-27-14-12-26(4)13-15-27/h5-11,16H,12-15,17H2,1-4H3,(H,25,29). The zero-order chi connectivity index (χ0) is 21.0. The van der Waals surface area contributed by atoms with E-state index in [4.69, 9.17) is 0 Å². The van der Waals surface area contributed by atoms with Gasteiger partial charge in [0.1, 0.15) is 0 Å². The average molecular weight is 394 g/mol. The molecule has 5 nitrogen and oxygen atoms in total. The van der Waals surface area contributed by atoms with Crippen LogP contribution in [0.4, 0.5) is 5.69 Å². The second-order valence-electron chi connectivity index (χ2n) is 8.86. The minimum Gasteiger partial charge on any atom is -0.322 e. The number of anilines is 1. The number of amides is 1. The Morgan fingerprint density at radius 3 is 2.21 bits per heavy atom. The van der Waals surface area contributed by atoms with Gasteiger partial charge in [-0.2, -0.15) is 0 Å². The minimum absolute atomic E-state index is 0.0491. The SMILES string of the molecule is CN1CCN(CC(=O)c2cccc(NC(=O)c3ccc(C(C)(C)C)cc3)c2)CC1. The molecule has 0 aliphatic carbocycles. The van der Waals surface area contributed by atoms with Gasteiger partial charge in [0, 0.05) is 43.0 Å². The summed E-state index contributed by atoms with van der Waals surface area (Å²) < 4.78 is 0. The highest BCUT2D eigenvalue weighted by molar-refractivity contribution is 6.05. The van der Waals surface area contributed by atoms with Gasteiger partial charge in [-0.1, -0.05) is 45.0 Å². The molecule has 1 heterocycles. The highest BCUT2D eigenvalue weighted by atomic mass is 16.1. The van der Waals surface area contributed by atoms with Crippen molar-refractivity contribution in [1.29, 1.82) is 0 Å². The van der Waals surface area contributed by atoms with Crippen LogP contribution in [0, 0.1) is 0 Å². The van der Waals surface area contributed by atoms with E-state index in [2.05, 4.69) is 42.9 Å². The molecule has 5 heteroatoms. The summed E-state index contributed by atoms with van der Waals surface area (Å²) in [6.45, 7) is 10.6. The number of Topliss-reactive ketones (excluding diaryl/α,β-unsaturated/α-hetero) is 1. The number of benzene rings is 2. The first-order valence-corrected chi connectivity index (χ1v) is 10.2. The molecule has 154 valence electrons. The van der Waals surface area contributed by atoms with Crippen LogP contribution in [0.2, 0.25) is 0 Å². The summed E-state index contributed by atoms with van der Waals surface area (Å²) in [6, 6.07) is 14.9. The van der Waals surface area contributed by atoms with Crippen LogP contribution in [0.15, 0.2) is 48.5 Å². The fraction of sp³-hybridized carbons (Fsp3) is 0.417. The van der Waals surface area contributed by atoms with E-state index in [1.165, 1.54) is 5.56 Å². The number of ketones is 1. The molecule has 0 radical (unpaired) electrons. The van der Waals surface area contributed by atoms with Crippen LogP contribution in [0.1, 0.15) is 47.1 Å². The molecule has 0 unspecified atom stereocenters. The lowest BCUT2D eigenvalue weighted by Gasteiger charge is -2.31. The third kappa shape index (κ3) is 5.75. The van der Waals surface area contributed by atoms with E-state index < -0.39 is 0 Å². The quantitative estimate of drug-likeness (QED) is 0.788. The van der Waals surface area contributed by atoms with Crippen LogP contribution in [-0.4, -0.2) is 61.3 Å². The van der Waals surface area contributed by atoms with Crippen molar-refractivity contribution in [3.8, 4) is 0 Å².